The molecule has 0 bridgehead atoms. The summed E-state index contributed by atoms with van der Waals surface area (Å²) in [5, 5.41) is 9.69. The van der Waals surface area contributed by atoms with Crippen molar-refractivity contribution in [2.75, 3.05) is 13.2 Å². The van der Waals surface area contributed by atoms with Crippen LogP contribution in [-0.4, -0.2) is 42.4 Å². The number of rotatable bonds is 2. The van der Waals surface area contributed by atoms with Crippen molar-refractivity contribution in [3.63, 3.8) is 0 Å². The molecule has 2 rings (SSSR count). The van der Waals surface area contributed by atoms with E-state index in [0.29, 0.717) is 19.1 Å². The second-order valence-corrected chi connectivity index (χ2v) is 5.06. The van der Waals surface area contributed by atoms with Crippen molar-refractivity contribution in [1.82, 2.24) is 0 Å². The Bertz CT molecular complexity index is 231. The molecule has 15 heavy (non-hydrogen) atoms. The van der Waals surface area contributed by atoms with E-state index >= 15 is 0 Å². The van der Waals surface area contributed by atoms with Crippen LogP contribution in [0.25, 0.3) is 0 Å². The molecular formula is C11H20O4. The van der Waals surface area contributed by atoms with Crippen LogP contribution in [0.5, 0.6) is 0 Å². The summed E-state index contributed by atoms with van der Waals surface area (Å²) in [7, 11) is 0. The molecular weight excluding hydrogens is 196 g/mol. The maximum atomic E-state index is 9.69. The van der Waals surface area contributed by atoms with E-state index in [1.54, 1.807) is 0 Å². The van der Waals surface area contributed by atoms with Crippen LogP contribution in [0.3, 0.4) is 0 Å². The van der Waals surface area contributed by atoms with Gasteiger partial charge in [-0.15, -0.1) is 0 Å². The average Bonchev–Trinajstić information content (AvgIpc) is 2.46. The van der Waals surface area contributed by atoms with E-state index in [2.05, 4.69) is 13.8 Å². The van der Waals surface area contributed by atoms with Gasteiger partial charge in [0.15, 0.2) is 5.79 Å². The first-order valence-electron chi connectivity index (χ1n) is 5.61. The number of aliphatic hydroxyl groups is 1. The first-order valence-corrected chi connectivity index (χ1v) is 5.61. The molecule has 4 heteroatoms. The maximum Gasteiger partial charge on any atom is 0.166 e. The smallest absolute Gasteiger partial charge is 0.166 e. The van der Waals surface area contributed by atoms with Gasteiger partial charge in [0.25, 0.3) is 0 Å². The standard InChI is InChI=1S/C11H20O4/c1-7(2)4-11(3)14-6-9-10(15-11)8(12)5-13-9/h7-10,12H,4-6H2,1-3H3/t8-,9+,10+,11?/m0/s1. The summed E-state index contributed by atoms with van der Waals surface area (Å²) in [4.78, 5) is 0. The summed E-state index contributed by atoms with van der Waals surface area (Å²) in [6.45, 7) is 7.08. The predicted molar refractivity (Wildman–Crippen MR) is 54.4 cm³/mol. The van der Waals surface area contributed by atoms with Crippen LogP contribution in [0.15, 0.2) is 0 Å². The Hall–Kier alpha value is -0.160. The van der Waals surface area contributed by atoms with E-state index in [4.69, 9.17) is 14.2 Å². The fourth-order valence-electron chi connectivity index (χ4n) is 2.39. The summed E-state index contributed by atoms with van der Waals surface area (Å²) in [6, 6.07) is 0. The molecule has 2 aliphatic rings. The number of fused-ring (bicyclic) bond motifs is 1. The molecule has 2 saturated heterocycles. The molecule has 0 aromatic rings. The van der Waals surface area contributed by atoms with Crippen LogP contribution in [0.4, 0.5) is 0 Å². The third kappa shape index (κ3) is 2.33. The average molecular weight is 216 g/mol. The van der Waals surface area contributed by atoms with E-state index in [-0.39, 0.29) is 12.2 Å². The van der Waals surface area contributed by atoms with Gasteiger partial charge in [0.1, 0.15) is 18.3 Å². The summed E-state index contributed by atoms with van der Waals surface area (Å²) >= 11 is 0. The fourth-order valence-corrected chi connectivity index (χ4v) is 2.39. The van der Waals surface area contributed by atoms with Gasteiger partial charge in [-0.25, -0.2) is 0 Å². The molecule has 2 aliphatic heterocycles. The zero-order chi connectivity index (χ0) is 11.1. The lowest BCUT2D eigenvalue weighted by Gasteiger charge is -2.41. The van der Waals surface area contributed by atoms with Crippen LogP contribution in [-0.2, 0) is 14.2 Å². The molecule has 4 nitrogen and oxygen atoms in total. The molecule has 0 aliphatic carbocycles. The van der Waals surface area contributed by atoms with Crippen molar-refractivity contribution in [2.24, 2.45) is 5.92 Å². The molecule has 0 aromatic carbocycles. The Labute approximate surface area is 90.5 Å². The van der Waals surface area contributed by atoms with E-state index in [0.717, 1.165) is 6.42 Å². The Morgan fingerprint density at radius 2 is 2.13 bits per heavy atom. The third-order valence-corrected chi connectivity index (χ3v) is 2.94. The van der Waals surface area contributed by atoms with Gasteiger partial charge < -0.3 is 19.3 Å². The van der Waals surface area contributed by atoms with E-state index in [9.17, 15) is 5.11 Å². The topological polar surface area (TPSA) is 47.9 Å². The highest BCUT2D eigenvalue weighted by atomic mass is 16.7. The highest BCUT2D eigenvalue weighted by Gasteiger charge is 2.47. The number of ether oxygens (including phenoxy) is 3. The SMILES string of the molecule is CC(C)CC1(C)OC[C@H]2OC[C@H](O)[C@H]2O1. The lowest BCUT2D eigenvalue weighted by atomic mass is 10.0. The molecule has 0 aromatic heterocycles. The maximum absolute atomic E-state index is 9.69. The van der Waals surface area contributed by atoms with Gasteiger partial charge in [0.05, 0.1) is 13.2 Å². The molecule has 0 radical (unpaired) electrons. The molecule has 1 N–H and O–H groups in total. The van der Waals surface area contributed by atoms with E-state index in [1.807, 2.05) is 6.92 Å². The number of hydrogen-bond donors (Lipinski definition) is 1. The van der Waals surface area contributed by atoms with Crippen LogP contribution >= 0.6 is 0 Å². The largest absolute Gasteiger partial charge is 0.388 e. The summed E-state index contributed by atoms with van der Waals surface area (Å²) < 4.78 is 16.9. The van der Waals surface area contributed by atoms with Crippen molar-refractivity contribution in [3.8, 4) is 0 Å². The van der Waals surface area contributed by atoms with Gasteiger partial charge in [0, 0.05) is 6.42 Å². The van der Waals surface area contributed by atoms with Crippen molar-refractivity contribution >= 4 is 0 Å². The molecule has 0 amide bonds. The molecule has 2 fully saturated rings. The van der Waals surface area contributed by atoms with Crippen molar-refractivity contribution in [3.05, 3.63) is 0 Å². The van der Waals surface area contributed by atoms with Gasteiger partial charge in [-0.3, -0.25) is 0 Å². The minimum atomic E-state index is -0.565. The Balaban J connectivity index is 2.00. The predicted octanol–water partition coefficient (Wildman–Crippen LogP) is 0.924. The Morgan fingerprint density at radius 3 is 2.80 bits per heavy atom. The van der Waals surface area contributed by atoms with E-state index < -0.39 is 11.9 Å². The molecule has 1 unspecified atom stereocenters. The lowest BCUT2D eigenvalue weighted by Crippen LogP contribution is -2.51. The molecule has 88 valence electrons. The number of hydrogen-bond acceptors (Lipinski definition) is 4. The first kappa shape index (κ1) is 11.3. The second-order valence-electron chi connectivity index (χ2n) is 5.06. The first-order chi connectivity index (χ1) is 7.00. The van der Waals surface area contributed by atoms with Gasteiger partial charge >= 0.3 is 0 Å². The highest BCUT2D eigenvalue weighted by molar-refractivity contribution is 4.90. The quantitative estimate of drug-likeness (QED) is 0.745. The van der Waals surface area contributed by atoms with Crippen molar-refractivity contribution in [2.45, 2.75) is 51.3 Å². The number of aliphatic hydroxyl groups excluding tert-OH is 1. The molecule has 0 spiro atoms. The van der Waals surface area contributed by atoms with Gasteiger partial charge in [-0.05, 0) is 12.8 Å². The Morgan fingerprint density at radius 1 is 1.40 bits per heavy atom. The summed E-state index contributed by atoms with van der Waals surface area (Å²) in [5.41, 5.74) is 0. The lowest BCUT2D eigenvalue weighted by molar-refractivity contribution is -0.314. The van der Waals surface area contributed by atoms with Crippen LogP contribution in [0.1, 0.15) is 27.2 Å². The minimum absolute atomic E-state index is 0.0970. The molecule has 0 saturated carbocycles. The minimum Gasteiger partial charge on any atom is -0.388 e. The van der Waals surface area contributed by atoms with Crippen LogP contribution in [0, 0.1) is 5.92 Å². The monoisotopic (exact) mass is 216 g/mol. The zero-order valence-corrected chi connectivity index (χ0v) is 9.60. The van der Waals surface area contributed by atoms with Crippen molar-refractivity contribution in [1.29, 1.82) is 0 Å². The third-order valence-electron chi connectivity index (χ3n) is 2.94. The van der Waals surface area contributed by atoms with Crippen molar-refractivity contribution < 1.29 is 19.3 Å². The van der Waals surface area contributed by atoms with Gasteiger partial charge in [-0.2, -0.15) is 0 Å². The van der Waals surface area contributed by atoms with E-state index in [1.165, 1.54) is 0 Å². The fraction of sp³-hybridized carbons (Fsp3) is 1.00. The van der Waals surface area contributed by atoms with Crippen LogP contribution < -0.4 is 0 Å². The normalized spacial score (nSPS) is 45.8. The van der Waals surface area contributed by atoms with Gasteiger partial charge in [-0.1, -0.05) is 13.8 Å². The summed E-state index contributed by atoms with van der Waals surface area (Å²) in [6.07, 6.45) is 0.0104. The van der Waals surface area contributed by atoms with Gasteiger partial charge in [0.2, 0.25) is 0 Å². The van der Waals surface area contributed by atoms with Crippen LogP contribution in [0.2, 0.25) is 0 Å². The molecule has 2 heterocycles. The Kier molecular flexibility index (Phi) is 3.03. The summed E-state index contributed by atoms with van der Waals surface area (Å²) in [5.74, 6) is -0.0599. The molecule has 4 atom stereocenters. The zero-order valence-electron chi connectivity index (χ0n) is 9.60. The highest BCUT2D eigenvalue weighted by Crippen LogP contribution is 2.34. The second kappa shape index (κ2) is 4.01.